The quantitative estimate of drug-likeness (QED) is 0.833. The molecule has 0 heterocycles. The van der Waals surface area contributed by atoms with Gasteiger partial charge in [0.25, 0.3) is 0 Å². The number of halogens is 1. The summed E-state index contributed by atoms with van der Waals surface area (Å²) in [5.41, 5.74) is 6.75. The lowest BCUT2D eigenvalue weighted by molar-refractivity contribution is 0.329. The molecule has 16 heavy (non-hydrogen) atoms. The second-order valence-corrected chi connectivity index (χ2v) is 4.70. The molecular formula is C13H21FN2. The lowest BCUT2D eigenvalue weighted by atomic mass is 9.87. The summed E-state index contributed by atoms with van der Waals surface area (Å²) >= 11 is 0. The van der Waals surface area contributed by atoms with Crippen LogP contribution >= 0.6 is 0 Å². The van der Waals surface area contributed by atoms with Crippen molar-refractivity contribution in [3.8, 4) is 0 Å². The third-order valence-corrected chi connectivity index (χ3v) is 3.21. The molecule has 0 aliphatic heterocycles. The second-order valence-electron chi connectivity index (χ2n) is 4.70. The smallest absolute Gasteiger partial charge is 0.125 e. The van der Waals surface area contributed by atoms with Gasteiger partial charge in [-0.3, -0.25) is 0 Å². The van der Waals surface area contributed by atoms with Crippen LogP contribution in [0.4, 0.5) is 10.1 Å². The molecule has 1 rings (SSSR count). The van der Waals surface area contributed by atoms with E-state index >= 15 is 0 Å². The Kier molecular flexibility index (Phi) is 4.30. The van der Waals surface area contributed by atoms with Gasteiger partial charge in [-0.15, -0.1) is 0 Å². The van der Waals surface area contributed by atoms with Crippen molar-refractivity contribution in [2.24, 2.45) is 11.1 Å². The second kappa shape index (κ2) is 5.30. The maximum atomic E-state index is 13.1. The highest BCUT2D eigenvalue weighted by atomic mass is 19.1. The average Bonchev–Trinajstić information content (AvgIpc) is 2.29. The number of hydrogen-bond acceptors (Lipinski definition) is 2. The maximum absolute atomic E-state index is 13.1. The zero-order valence-electron chi connectivity index (χ0n) is 10.3. The predicted octanol–water partition coefficient (Wildman–Crippen LogP) is 2.64. The molecule has 0 saturated carbocycles. The zero-order valence-corrected chi connectivity index (χ0v) is 10.3. The van der Waals surface area contributed by atoms with Crippen LogP contribution in [0, 0.1) is 11.2 Å². The molecule has 0 spiro atoms. The lowest BCUT2D eigenvalue weighted by Crippen LogP contribution is -2.38. The minimum absolute atomic E-state index is 0.0844. The molecule has 1 atom stereocenters. The normalized spacial score (nSPS) is 14.6. The van der Waals surface area contributed by atoms with Gasteiger partial charge >= 0.3 is 0 Å². The molecule has 0 fully saturated rings. The standard InChI is InChI=1S/C13H21FN2/c1-4-13(2,9-15)10-16(3)12-7-5-6-11(14)8-12/h5-8H,4,9-10,15H2,1-3H3. The number of hydrogen-bond donors (Lipinski definition) is 1. The molecule has 2 nitrogen and oxygen atoms in total. The minimum atomic E-state index is -0.199. The van der Waals surface area contributed by atoms with E-state index in [2.05, 4.69) is 18.7 Å². The van der Waals surface area contributed by atoms with Crippen molar-refractivity contribution < 1.29 is 4.39 Å². The molecule has 0 aliphatic carbocycles. The summed E-state index contributed by atoms with van der Waals surface area (Å²) in [6, 6.07) is 6.65. The zero-order chi connectivity index (χ0) is 12.2. The first-order chi connectivity index (χ1) is 7.50. The van der Waals surface area contributed by atoms with E-state index in [4.69, 9.17) is 5.73 Å². The third kappa shape index (κ3) is 3.20. The monoisotopic (exact) mass is 224 g/mol. The van der Waals surface area contributed by atoms with Crippen LogP contribution in [0.25, 0.3) is 0 Å². The SMILES string of the molecule is CCC(C)(CN)CN(C)c1cccc(F)c1. The van der Waals surface area contributed by atoms with Gasteiger partial charge in [0, 0.05) is 19.3 Å². The molecule has 1 unspecified atom stereocenters. The van der Waals surface area contributed by atoms with Crippen molar-refractivity contribution in [3.63, 3.8) is 0 Å². The molecule has 0 saturated heterocycles. The van der Waals surface area contributed by atoms with E-state index in [1.54, 1.807) is 12.1 Å². The van der Waals surface area contributed by atoms with Crippen molar-refractivity contribution in [3.05, 3.63) is 30.1 Å². The van der Waals surface area contributed by atoms with Gasteiger partial charge in [-0.05, 0) is 36.6 Å². The Bertz CT molecular complexity index is 334. The fraction of sp³-hybridized carbons (Fsp3) is 0.538. The number of anilines is 1. The van der Waals surface area contributed by atoms with Gasteiger partial charge < -0.3 is 10.6 Å². The Balaban J connectivity index is 2.75. The van der Waals surface area contributed by atoms with Crippen LogP contribution in [-0.2, 0) is 0 Å². The van der Waals surface area contributed by atoms with Gasteiger partial charge in [0.2, 0.25) is 0 Å². The fourth-order valence-electron chi connectivity index (χ4n) is 1.70. The van der Waals surface area contributed by atoms with Crippen LogP contribution in [0.5, 0.6) is 0 Å². The highest BCUT2D eigenvalue weighted by Crippen LogP contribution is 2.23. The van der Waals surface area contributed by atoms with Gasteiger partial charge in [0.15, 0.2) is 0 Å². The first kappa shape index (κ1) is 13.0. The average molecular weight is 224 g/mol. The van der Waals surface area contributed by atoms with Crippen LogP contribution in [0.3, 0.4) is 0 Å². The molecular weight excluding hydrogens is 203 g/mol. The van der Waals surface area contributed by atoms with E-state index in [1.165, 1.54) is 6.07 Å². The molecule has 0 aromatic heterocycles. The Labute approximate surface area is 97.3 Å². The summed E-state index contributed by atoms with van der Waals surface area (Å²) in [7, 11) is 1.97. The number of rotatable bonds is 5. The van der Waals surface area contributed by atoms with Gasteiger partial charge in [-0.1, -0.05) is 19.9 Å². The molecule has 90 valence electrons. The van der Waals surface area contributed by atoms with E-state index < -0.39 is 0 Å². The molecule has 0 amide bonds. The van der Waals surface area contributed by atoms with Crippen LogP contribution in [0.15, 0.2) is 24.3 Å². The summed E-state index contributed by atoms with van der Waals surface area (Å²) < 4.78 is 13.1. The van der Waals surface area contributed by atoms with Crippen molar-refractivity contribution in [2.45, 2.75) is 20.3 Å². The van der Waals surface area contributed by atoms with Crippen LogP contribution < -0.4 is 10.6 Å². The lowest BCUT2D eigenvalue weighted by Gasteiger charge is -2.33. The fourth-order valence-corrected chi connectivity index (χ4v) is 1.70. The largest absolute Gasteiger partial charge is 0.374 e. The van der Waals surface area contributed by atoms with Crippen molar-refractivity contribution in [1.29, 1.82) is 0 Å². The van der Waals surface area contributed by atoms with Gasteiger partial charge in [-0.2, -0.15) is 0 Å². The van der Waals surface area contributed by atoms with E-state index in [9.17, 15) is 4.39 Å². The number of nitrogens with zero attached hydrogens (tertiary/aromatic N) is 1. The number of benzene rings is 1. The van der Waals surface area contributed by atoms with E-state index in [-0.39, 0.29) is 11.2 Å². The van der Waals surface area contributed by atoms with Gasteiger partial charge in [0.05, 0.1) is 0 Å². The highest BCUT2D eigenvalue weighted by Gasteiger charge is 2.22. The Morgan fingerprint density at radius 3 is 2.62 bits per heavy atom. The van der Waals surface area contributed by atoms with Crippen molar-refractivity contribution in [1.82, 2.24) is 0 Å². The van der Waals surface area contributed by atoms with Crippen molar-refractivity contribution >= 4 is 5.69 Å². The molecule has 0 bridgehead atoms. The highest BCUT2D eigenvalue weighted by molar-refractivity contribution is 5.45. The molecule has 1 aromatic carbocycles. The van der Waals surface area contributed by atoms with Crippen LogP contribution in [0.1, 0.15) is 20.3 Å². The van der Waals surface area contributed by atoms with Crippen LogP contribution in [0.2, 0.25) is 0 Å². The minimum Gasteiger partial charge on any atom is -0.374 e. The molecule has 0 radical (unpaired) electrons. The Morgan fingerprint density at radius 1 is 1.44 bits per heavy atom. The van der Waals surface area contributed by atoms with Gasteiger partial charge in [0.1, 0.15) is 5.82 Å². The van der Waals surface area contributed by atoms with Gasteiger partial charge in [-0.25, -0.2) is 4.39 Å². The van der Waals surface area contributed by atoms with E-state index in [0.717, 1.165) is 18.7 Å². The molecule has 1 aromatic rings. The first-order valence-electron chi connectivity index (χ1n) is 5.67. The summed E-state index contributed by atoms with van der Waals surface area (Å²) in [4.78, 5) is 2.05. The number of nitrogens with two attached hydrogens (primary N) is 1. The Hall–Kier alpha value is -1.09. The maximum Gasteiger partial charge on any atom is 0.125 e. The summed E-state index contributed by atoms with van der Waals surface area (Å²) in [5, 5.41) is 0. The van der Waals surface area contributed by atoms with Crippen molar-refractivity contribution in [2.75, 3.05) is 25.0 Å². The third-order valence-electron chi connectivity index (χ3n) is 3.21. The predicted molar refractivity (Wildman–Crippen MR) is 67.1 cm³/mol. The molecule has 0 aliphatic rings. The van der Waals surface area contributed by atoms with E-state index in [1.807, 2.05) is 13.1 Å². The summed E-state index contributed by atoms with van der Waals surface area (Å²) in [5.74, 6) is -0.199. The molecule has 3 heteroatoms. The Morgan fingerprint density at radius 2 is 2.12 bits per heavy atom. The van der Waals surface area contributed by atoms with Crippen LogP contribution in [-0.4, -0.2) is 20.1 Å². The summed E-state index contributed by atoms with van der Waals surface area (Å²) in [6.07, 6.45) is 1.02. The topological polar surface area (TPSA) is 29.3 Å². The molecule has 2 N–H and O–H groups in total. The first-order valence-corrected chi connectivity index (χ1v) is 5.67. The van der Waals surface area contributed by atoms with E-state index in [0.29, 0.717) is 6.54 Å². The summed E-state index contributed by atoms with van der Waals surface area (Å²) in [6.45, 7) is 5.77.